The summed E-state index contributed by atoms with van der Waals surface area (Å²) in [4.78, 5) is 18.5. The number of nitrogens with zero attached hydrogens (tertiary/aromatic N) is 4. The van der Waals surface area contributed by atoms with Gasteiger partial charge in [-0.3, -0.25) is 9.10 Å². The molecule has 2 aliphatic heterocycles. The van der Waals surface area contributed by atoms with Crippen LogP contribution in [0.5, 0.6) is 0 Å². The van der Waals surface area contributed by atoms with E-state index in [2.05, 4.69) is 10.3 Å². The van der Waals surface area contributed by atoms with Gasteiger partial charge in [0.1, 0.15) is 6.07 Å². The van der Waals surface area contributed by atoms with Crippen molar-refractivity contribution in [1.82, 2.24) is 10.3 Å². The second-order valence-corrected chi connectivity index (χ2v) is 9.83. The molecule has 1 aromatic carbocycles. The highest BCUT2D eigenvalue weighted by Gasteiger charge is 2.31. The molecule has 0 atom stereocenters. The zero-order valence-electron chi connectivity index (χ0n) is 17.4. The number of carbonyl (C=O) groups excluding carboxylic acids is 1. The van der Waals surface area contributed by atoms with Gasteiger partial charge >= 0.3 is 0 Å². The van der Waals surface area contributed by atoms with Crippen LogP contribution in [0.25, 0.3) is 0 Å². The number of carbonyl (C=O) groups is 1. The lowest BCUT2D eigenvalue weighted by Gasteiger charge is -2.31. The molecule has 0 unspecified atom stereocenters. The second kappa shape index (κ2) is 8.59. The minimum Gasteiger partial charge on any atom is -0.424 e. The molecule has 1 aromatic heterocycles. The fraction of sp³-hybridized carbons (Fsp3) is 0.476. The van der Waals surface area contributed by atoms with Crippen LogP contribution in [-0.4, -0.2) is 51.2 Å². The minimum atomic E-state index is -3.49. The maximum absolute atomic E-state index is 12.7. The number of rotatable bonds is 6. The zero-order chi connectivity index (χ0) is 22.0. The number of amides is 1. The van der Waals surface area contributed by atoms with Gasteiger partial charge in [-0.15, -0.1) is 0 Å². The summed E-state index contributed by atoms with van der Waals surface area (Å²) in [5.74, 6) is 0.436. The first-order valence-corrected chi connectivity index (χ1v) is 12.0. The molecule has 2 aromatic rings. The molecule has 4 rings (SSSR count). The van der Waals surface area contributed by atoms with Crippen molar-refractivity contribution >= 4 is 27.5 Å². The monoisotopic (exact) mass is 443 g/mol. The molecule has 31 heavy (non-hydrogen) atoms. The van der Waals surface area contributed by atoms with Crippen molar-refractivity contribution in [3.8, 4) is 6.07 Å². The van der Waals surface area contributed by atoms with Gasteiger partial charge in [-0.2, -0.15) is 5.26 Å². The molecule has 9 nitrogen and oxygen atoms in total. The van der Waals surface area contributed by atoms with Gasteiger partial charge in [0.2, 0.25) is 27.5 Å². The molecule has 1 N–H and O–H groups in total. The first-order chi connectivity index (χ1) is 14.9. The fourth-order valence-electron chi connectivity index (χ4n) is 4.20. The van der Waals surface area contributed by atoms with Gasteiger partial charge in [-0.25, -0.2) is 13.4 Å². The maximum Gasteiger partial charge on any atom is 0.236 e. The minimum absolute atomic E-state index is 0.0833. The molecular weight excluding hydrogens is 418 g/mol. The van der Waals surface area contributed by atoms with Crippen molar-refractivity contribution in [2.75, 3.05) is 41.1 Å². The Labute approximate surface area is 181 Å². The van der Waals surface area contributed by atoms with E-state index >= 15 is 0 Å². The number of sulfonamides is 1. The number of para-hydroxylation sites is 1. The Kier molecular flexibility index (Phi) is 5.87. The number of hydrogen-bond donors (Lipinski definition) is 1. The van der Waals surface area contributed by atoms with Gasteiger partial charge in [0, 0.05) is 39.0 Å². The number of piperidine rings is 1. The summed E-state index contributed by atoms with van der Waals surface area (Å²) < 4.78 is 32.5. The molecule has 164 valence electrons. The van der Waals surface area contributed by atoms with E-state index in [9.17, 15) is 18.5 Å². The van der Waals surface area contributed by atoms with E-state index in [1.54, 1.807) is 6.92 Å². The summed E-state index contributed by atoms with van der Waals surface area (Å²) >= 11 is 0. The highest BCUT2D eigenvalue weighted by atomic mass is 32.2. The van der Waals surface area contributed by atoms with Crippen molar-refractivity contribution < 1.29 is 17.6 Å². The Hall–Kier alpha value is -3.06. The maximum atomic E-state index is 12.7. The normalized spacial score (nSPS) is 16.8. The van der Waals surface area contributed by atoms with Crippen LogP contribution in [-0.2, 0) is 21.2 Å². The number of benzene rings is 1. The van der Waals surface area contributed by atoms with Crippen LogP contribution >= 0.6 is 0 Å². The number of anilines is 2. The van der Waals surface area contributed by atoms with E-state index in [0.717, 1.165) is 11.3 Å². The van der Waals surface area contributed by atoms with Crippen molar-refractivity contribution in [2.24, 2.45) is 5.92 Å². The van der Waals surface area contributed by atoms with Crippen LogP contribution in [0, 0.1) is 24.2 Å². The average Bonchev–Trinajstić information content (AvgIpc) is 3.37. The Balaban J connectivity index is 1.27. The van der Waals surface area contributed by atoms with Gasteiger partial charge in [0.15, 0.2) is 5.89 Å². The summed E-state index contributed by atoms with van der Waals surface area (Å²) in [6.07, 6.45) is 1.91. The molecule has 0 aliphatic carbocycles. The number of fused-ring (bicyclic) bond motifs is 1. The Bertz CT molecular complexity index is 1110. The van der Waals surface area contributed by atoms with Crippen LogP contribution in [0.1, 0.15) is 30.0 Å². The van der Waals surface area contributed by atoms with E-state index in [1.165, 1.54) is 4.31 Å². The smallest absolute Gasteiger partial charge is 0.236 e. The summed E-state index contributed by atoms with van der Waals surface area (Å²) in [5.41, 5.74) is 2.03. The largest absolute Gasteiger partial charge is 0.424 e. The summed E-state index contributed by atoms with van der Waals surface area (Å²) in [5, 5.41) is 12.0. The molecular formula is C21H25N5O4S. The molecule has 0 saturated carbocycles. The third kappa shape index (κ3) is 4.37. The lowest BCUT2D eigenvalue weighted by Crippen LogP contribution is -2.43. The van der Waals surface area contributed by atoms with Gasteiger partial charge < -0.3 is 14.6 Å². The van der Waals surface area contributed by atoms with Gasteiger partial charge in [0.25, 0.3) is 0 Å². The standard InChI is InChI=1S/C21H25N5O4S/c1-15-24-18(14-22)21(30-15)25-10-6-17(7-11-25)20(27)23-9-13-31(28,29)26-12-8-16-4-2-3-5-19(16)26/h2-5,17H,6-13H2,1H3,(H,23,27). The van der Waals surface area contributed by atoms with Crippen molar-refractivity contribution in [3.05, 3.63) is 41.4 Å². The summed E-state index contributed by atoms with van der Waals surface area (Å²) in [6, 6.07) is 9.54. The Morgan fingerprint density at radius 3 is 2.77 bits per heavy atom. The number of aromatic nitrogens is 1. The van der Waals surface area contributed by atoms with Crippen molar-refractivity contribution in [1.29, 1.82) is 5.26 Å². The summed E-state index contributed by atoms with van der Waals surface area (Å²) in [7, 11) is -3.49. The SMILES string of the molecule is Cc1nc(C#N)c(N2CCC(C(=O)NCCS(=O)(=O)N3CCc4ccccc43)CC2)o1. The second-order valence-electron chi connectivity index (χ2n) is 7.82. The van der Waals surface area contributed by atoms with Crippen LogP contribution in [0.4, 0.5) is 11.6 Å². The van der Waals surface area contributed by atoms with Gasteiger partial charge in [-0.05, 0) is 30.9 Å². The lowest BCUT2D eigenvalue weighted by molar-refractivity contribution is -0.125. The fourth-order valence-corrected chi connectivity index (χ4v) is 5.63. The third-order valence-electron chi connectivity index (χ3n) is 5.81. The van der Waals surface area contributed by atoms with Crippen molar-refractivity contribution in [2.45, 2.75) is 26.2 Å². The van der Waals surface area contributed by atoms with Crippen LogP contribution in [0.15, 0.2) is 28.7 Å². The molecule has 2 aliphatic rings. The summed E-state index contributed by atoms with van der Waals surface area (Å²) in [6.45, 7) is 3.37. The third-order valence-corrected chi connectivity index (χ3v) is 7.59. The molecule has 0 bridgehead atoms. The highest BCUT2D eigenvalue weighted by molar-refractivity contribution is 7.92. The number of oxazole rings is 1. The lowest BCUT2D eigenvalue weighted by atomic mass is 9.96. The predicted molar refractivity (Wildman–Crippen MR) is 115 cm³/mol. The first kappa shape index (κ1) is 21.2. The average molecular weight is 444 g/mol. The molecule has 0 spiro atoms. The van der Waals surface area contributed by atoms with Gasteiger partial charge in [-0.1, -0.05) is 18.2 Å². The van der Waals surface area contributed by atoms with Crippen LogP contribution < -0.4 is 14.5 Å². The number of hydrogen-bond acceptors (Lipinski definition) is 7. The van der Waals surface area contributed by atoms with Crippen molar-refractivity contribution in [3.63, 3.8) is 0 Å². The predicted octanol–water partition coefficient (Wildman–Crippen LogP) is 1.58. The van der Waals surface area contributed by atoms with E-state index in [4.69, 9.17) is 4.42 Å². The van der Waals surface area contributed by atoms with Crippen LogP contribution in [0.3, 0.4) is 0 Å². The molecule has 0 radical (unpaired) electrons. The van der Waals surface area contributed by atoms with E-state index < -0.39 is 10.0 Å². The Morgan fingerprint density at radius 1 is 1.29 bits per heavy atom. The molecule has 3 heterocycles. The Morgan fingerprint density at radius 2 is 2.03 bits per heavy atom. The highest BCUT2D eigenvalue weighted by Crippen LogP contribution is 2.30. The van der Waals surface area contributed by atoms with Crippen LogP contribution in [0.2, 0.25) is 0 Å². The van der Waals surface area contributed by atoms with E-state index in [-0.39, 0.29) is 29.8 Å². The topological polar surface area (TPSA) is 120 Å². The zero-order valence-corrected chi connectivity index (χ0v) is 18.2. The molecule has 10 heteroatoms. The number of nitriles is 1. The molecule has 1 amide bonds. The quantitative estimate of drug-likeness (QED) is 0.720. The molecule has 1 saturated heterocycles. The molecule has 1 fully saturated rings. The number of aryl methyl sites for hydroxylation is 1. The first-order valence-electron chi connectivity index (χ1n) is 10.4. The van der Waals surface area contributed by atoms with E-state index in [1.807, 2.05) is 35.2 Å². The van der Waals surface area contributed by atoms with E-state index in [0.29, 0.717) is 50.7 Å². The number of nitrogens with one attached hydrogen (secondary N) is 1. The van der Waals surface area contributed by atoms with Gasteiger partial charge in [0.05, 0.1) is 11.4 Å².